The molecule has 90 valence electrons. The maximum atomic E-state index is 12.0. The van der Waals surface area contributed by atoms with Crippen molar-refractivity contribution in [3.05, 3.63) is 23.9 Å². The Morgan fingerprint density at radius 2 is 2.25 bits per heavy atom. The Labute approximate surface area is 93.8 Å². The number of aromatic nitrogens is 1. The Hall–Kier alpha value is -1.23. The number of rotatable bonds is 6. The van der Waals surface area contributed by atoms with Crippen LogP contribution in [-0.4, -0.2) is 24.6 Å². The second-order valence-electron chi connectivity index (χ2n) is 3.38. The van der Waals surface area contributed by atoms with Crippen LogP contribution in [0, 0.1) is 0 Å². The minimum Gasteiger partial charge on any atom is -0.471 e. The normalized spacial score (nSPS) is 12.8. The zero-order valence-corrected chi connectivity index (χ0v) is 9.41. The minimum atomic E-state index is -2.48. The van der Waals surface area contributed by atoms with Crippen LogP contribution in [0.3, 0.4) is 0 Å². The number of hydrogen-bond donors (Lipinski definition) is 1. The van der Waals surface area contributed by atoms with E-state index in [4.69, 9.17) is 4.74 Å². The number of nitrogens with zero attached hydrogens (tertiary/aromatic N) is 1. The van der Waals surface area contributed by atoms with Gasteiger partial charge >= 0.3 is 0 Å². The van der Waals surface area contributed by atoms with Gasteiger partial charge in [0.25, 0.3) is 6.43 Å². The quantitative estimate of drug-likeness (QED) is 0.814. The van der Waals surface area contributed by atoms with Crippen molar-refractivity contribution in [3.8, 4) is 5.88 Å². The molecule has 1 heterocycles. The van der Waals surface area contributed by atoms with Gasteiger partial charge in [-0.1, -0.05) is 13.0 Å². The van der Waals surface area contributed by atoms with Crippen LogP contribution in [-0.2, 0) is 0 Å². The van der Waals surface area contributed by atoms with Crippen molar-refractivity contribution in [1.29, 1.82) is 0 Å². The molecule has 0 bridgehead atoms. The number of ether oxygens (including phenoxy) is 1. The van der Waals surface area contributed by atoms with Crippen LogP contribution >= 0.6 is 0 Å². The van der Waals surface area contributed by atoms with E-state index in [2.05, 4.69) is 10.3 Å². The van der Waals surface area contributed by atoms with Gasteiger partial charge in [0, 0.05) is 17.8 Å². The molecule has 16 heavy (non-hydrogen) atoms. The highest BCUT2D eigenvalue weighted by Crippen LogP contribution is 2.22. The SMILES string of the molecule is CCNC(C)c1cccnc1OCC(F)F. The Morgan fingerprint density at radius 1 is 1.50 bits per heavy atom. The molecule has 1 rings (SSSR count). The van der Waals surface area contributed by atoms with Gasteiger partial charge in [0.15, 0.2) is 6.61 Å². The van der Waals surface area contributed by atoms with Crippen LogP contribution in [0.25, 0.3) is 0 Å². The zero-order valence-electron chi connectivity index (χ0n) is 9.41. The third-order valence-corrected chi connectivity index (χ3v) is 2.12. The summed E-state index contributed by atoms with van der Waals surface area (Å²) in [6.45, 7) is 4.09. The van der Waals surface area contributed by atoms with Gasteiger partial charge in [0.05, 0.1) is 0 Å². The molecule has 3 nitrogen and oxygen atoms in total. The Balaban J connectivity index is 2.74. The number of halogens is 2. The van der Waals surface area contributed by atoms with Gasteiger partial charge in [-0.2, -0.15) is 0 Å². The van der Waals surface area contributed by atoms with E-state index in [-0.39, 0.29) is 11.9 Å². The van der Waals surface area contributed by atoms with Crippen molar-refractivity contribution in [2.45, 2.75) is 26.3 Å². The second-order valence-corrected chi connectivity index (χ2v) is 3.38. The number of hydrogen-bond acceptors (Lipinski definition) is 3. The molecule has 0 amide bonds. The third-order valence-electron chi connectivity index (χ3n) is 2.12. The topological polar surface area (TPSA) is 34.2 Å². The summed E-state index contributed by atoms with van der Waals surface area (Å²) in [7, 11) is 0. The predicted molar refractivity (Wildman–Crippen MR) is 57.8 cm³/mol. The minimum absolute atomic E-state index is 0.0337. The number of alkyl halides is 2. The highest BCUT2D eigenvalue weighted by Gasteiger charge is 2.13. The highest BCUT2D eigenvalue weighted by molar-refractivity contribution is 5.28. The number of pyridine rings is 1. The van der Waals surface area contributed by atoms with E-state index in [1.165, 1.54) is 6.20 Å². The Kier molecular flexibility index (Phi) is 5.11. The fraction of sp³-hybridized carbons (Fsp3) is 0.545. The van der Waals surface area contributed by atoms with Gasteiger partial charge in [0.2, 0.25) is 5.88 Å². The first kappa shape index (κ1) is 12.8. The first-order chi connectivity index (χ1) is 7.65. The van der Waals surface area contributed by atoms with Gasteiger partial charge in [0.1, 0.15) is 0 Å². The summed E-state index contributed by atoms with van der Waals surface area (Å²) >= 11 is 0. The molecule has 0 aliphatic rings. The molecule has 0 aromatic carbocycles. The molecular weight excluding hydrogens is 214 g/mol. The molecule has 1 N–H and O–H groups in total. The fourth-order valence-electron chi connectivity index (χ4n) is 1.41. The molecule has 0 radical (unpaired) electrons. The molecule has 0 aliphatic heterocycles. The van der Waals surface area contributed by atoms with Crippen LogP contribution in [0.4, 0.5) is 8.78 Å². The Bertz CT molecular complexity index is 321. The van der Waals surface area contributed by atoms with Crippen molar-refractivity contribution >= 4 is 0 Å². The summed E-state index contributed by atoms with van der Waals surface area (Å²) in [5, 5.41) is 3.18. The smallest absolute Gasteiger partial charge is 0.272 e. The summed E-state index contributed by atoms with van der Waals surface area (Å²) in [4.78, 5) is 3.96. The van der Waals surface area contributed by atoms with Crippen LogP contribution in [0.5, 0.6) is 5.88 Å². The lowest BCUT2D eigenvalue weighted by Crippen LogP contribution is -2.19. The van der Waals surface area contributed by atoms with Gasteiger partial charge in [-0.25, -0.2) is 13.8 Å². The molecule has 0 spiro atoms. The van der Waals surface area contributed by atoms with Crippen LogP contribution < -0.4 is 10.1 Å². The lowest BCUT2D eigenvalue weighted by Gasteiger charge is -2.16. The average Bonchev–Trinajstić information content (AvgIpc) is 2.27. The van der Waals surface area contributed by atoms with E-state index in [0.29, 0.717) is 0 Å². The summed E-state index contributed by atoms with van der Waals surface area (Å²) < 4.78 is 29.0. The highest BCUT2D eigenvalue weighted by atomic mass is 19.3. The average molecular weight is 230 g/mol. The van der Waals surface area contributed by atoms with Crippen LogP contribution in [0.1, 0.15) is 25.5 Å². The van der Waals surface area contributed by atoms with E-state index >= 15 is 0 Å². The third kappa shape index (κ3) is 3.73. The van der Waals surface area contributed by atoms with Gasteiger partial charge < -0.3 is 10.1 Å². The second kappa shape index (κ2) is 6.37. The molecule has 0 fully saturated rings. The molecule has 1 aromatic heterocycles. The lowest BCUT2D eigenvalue weighted by atomic mass is 10.1. The monoisotopic (exact) mass is 230 g/mol. The summed E-state index contributed by atoms with van der Waals surface area (Å²) in [5.74, 6) is 0.274. The van der Waals surface area contributed by atoms with Gasteiger partial charge in [-0.15, -0.1) is 0 Å². The van der Waals surface area contributed by atoms with E-state index in [1.807, 2.05) is 19.9 Å². The van der Waals surface area contributed by atoms with E-state index in [9.17, 15) is 8.78 Å². The van der Waals surface area contributed by atoms with Crippen molar-refractivity contribution in [2.24, 2.45) is 0 Å². The molecule has 0 saturated carbocycles. The number of nitrogens with one attached hydrogen (secondary N) is 1. The van der Waals surface area contributed by atoms with E-state index < -0.39 is 13.0 Å². The molecule has 0 saturated heterocycles. The van der Waals surface area contributed by atoms with E-state index in [1.54, 1.807) is 6.07 Å². The van der Waals surface area contributed by atoms with Gasteiger partial charge in [-0.05, 0) is 19.5 Å². The molecule has 1 atom stereocenters. The molecule has 1 unspecified atom stereocenters. The van der Waals surface area contributed by atoms with Crippen LogP contribution in [0.15, 0.2) is 18.3 Å². The Morgan fingerprint density at radius 3 is 2.88 bits per heavy atom. The lowest BCUT2D eigenvalue weighted by molar-refractivity contribution is 0.0787. The standard InChI is InChI=1S/C11H16F2N2O/c1-3-14-8(2)9-5-4-6-15-11(9)16-7-10(12)13/h4-6,8,10,14H,3,7H2,1-2H3. The first-order valence-electron chi connectivity index (χ1n) is 5.24. The van der Waals surface area contributed by atoms with Gasteiger partial charge in [-0.3, -0.25) is 0 Å². The molecular formula is C11H16F2N2O. The maximum absolute atomic E-state index is 12.0. The summed E-state index contributed by atoms with van der Waals surface area (Å²) in [5.41, 5.74) is 0.796. The van der Waals surface area contributed by atoms with Crippen molar-refractivity contribution in [3.63, 3.8) is 0 Å². The summed E-state index contributed by atoms with van der Waals surface area (Å²) in [6, 6.07) is 3.62. The first-order valence-corrected chi connectivity index (χ1v) is 5.24. The van der Waals surface area contributed by atoms with Crippen molar-refractivity contribution in [1.82, 2.24) is 10.3 Å². The molecule has 5 heteroatoms. The maximum Gasteiger partial charge on any atom is 0.272 e. The largest absolute Gasteiger partial charge is 0.471 e. The van der Waals surface area contributed by atoms with Crippen molar-refractivity contribution < 1.29 is 13.5 Å². The zero-order chi connectivity index (χ0) is 12.0. The van der Waals surface area contributed by atoms with Crippen molar-refractivity contribution in [2.75, 3.05) is 13.2 Å². The summed E-state index contributed by atoms with van der Waals surface area (Å²) in [6.07, 6.45) is -0.951. The van der Waals surface area contributed by atoms with Crippen LogP contribution in [0.2, 0.25) is 0 Å². The predicted octanol–water partition coefficient (Wildman–Crippen LogP) is 2.40. The molecule has 0 aliphatic carbocycles. The van der Waals surface area contributed by atoms with E-state index in [0.717, 1.165) is 12.1 Å². The fourth-order valence-corrected chi connectivity index (χ4v) is 1.41. The molecule has 1 aromatic rings.